The molecule has 0 unspecified atom stereocenters. The smallest absolute Gasteiger partial charge is 0.172 e. The highest BCUT2D eigenvalue weighted by Crippen LogP contribution is 2.26. The molecule has 0 heterocycles. The summed E-state index contributed by atoms with van der Waals surface area (Å²) < 4.78 is 5.23. The minimum Gasteiger partial charge on any atom is -0.409 e. The normalized spacial score (nSPS) is 12.0. The first-order chi connectivity index (χ1) is 10.1. The van der Waals surface area contributed by atoms with Crippen molar-refractivity contribution in [3.05, 3.63) is 29.3 Å². The van der Waals surface area contributed by atoms with E-state index < -0.39 is 0 Å². The van der Waals surface area contributed by atoms with Crippen LogP contribution in [-0.2, 0) is 4.74 Å². The van der Waals surface area contributed by atoms with Crippen LogP contribution in [0.4, 0.5) is 5.69 Å². The quantitative estimate of drug-likeness (QED) is 0.334. The van der Waals surface area contributed by atoms with Gasteiger partial charge in [-0.2, -0.15) is 0 Å². The van der Waals surface area contributed by atoms with Gasteiger partial charge in [0.05, 0.1) is 6.61 Å². The van der Waals surface area contributed by atoms with Gasteiger partial charge in [0.15, 0.2) is 5.84 Å². The molecule has 1 aromatic carbocycles. The van der Waals surface area contributed by atoms with Crippen LogP contribution in [0.5, 0.6) is 0 Å². The number of oxime groups is 1. The van der Waals surface area contributed by atoms with E-state index in [-0.39, 0.29) is 5.84 Å². The van der Waals surface area contributed by atoms with Gasteiger partial charge in [0, 0.05) is 30.9 Å². The number of hydrogen-bond acceptors (Lipinski definition) is 4. The third-order valence-electron chi connectivity index (χ3n) is 3.76. The summed E-state index contributed by atoms with van der Waals surface area (Å²) in [5, 5.41) is 12.2. The molecule has 0 atom stereocenters. The molecule has 1 aromatic rings. The Morgan fingerprint density at radius 3 is 2.57 bits per heavy atom. The fraction of sp³-hybridized carbons (Fsp3) is 0.562. The molecule has 3 N–H and O–H groups in total. The number of anilines is 1. The zero-order chi connectivity index (χ0) is 15.8. The number of nitrogens with two attached hydrogens (primary N) is 1. The Labute approximate surface area is 127 Å². The summed E-state index contributed by atoms with van der Waals surface area (Å²) in [5.41, 5.74) is 8.69. The number of ether oxygens (including phenoxy) is 1. The highest BCUT2D eigenvalue weighted by molar-refractivity contribution is 6.02. The van der Waals surface area contributed by atoms with Crippen molar-refractivity contribution in [2.75, 3.05) is 25.2 Å². The molecule has 0 aliphatic heterocycles. The highest BCUT2D eigenvalue weighted by Gasteiger charge is 2.20. The van der Waals surface area contributed by atoms with Gasteiger partial charge in [-0.05, 0) is 31.9 Å². The van der Waals surface area contributed by atoms with Crippen molar-refractivity contribution in [1.82, 2.24) is 0 Å². The minimum absolute atomic E-state index is 0.141. The first kappa shape index (κ1) is 17.3. The van der Waals surface area contributed by atoms with Gasteiger partial charge in [-0.3, -0.25) is 0 Å². The van der Waals surface area contributed by atoms with Crippen molar-refractivity contribution in [3.63, 3.8) is 0 Å². The van der Waals surface area contributed by atoms with Crippen LogP contribution in [0, 0.1) is 6.92 Å². The predicted molar refractivity (Wildman–Crippen MR) is 87.3 cm³/mol. The molecular formula is C16H27N3O2. The average Bonchev–Trinajstić information content (AvgIpc) is 2.51. The van der Waals surface area contributed by atoms with Crippen LogP contribution in [0.2, 0.25) is 0 Å². The fourth-order valence-electron chi connectivity index (χ4n) is 2.58. The van der Waals surface area contributed by atoms with Gasteiger partial charge in [0.2, 0.25) is 0 Å². The van der Waals surface area contributed by atoms with Gasteiger partial charge < -0.3 is 20.6 Å². The second kappa shape index (κ2) is 8.52. The number of aryl methyl sites for hydroxylation is 1. The van der Waals surface area contributed by atoms with Crippen molar-refractivity contribution in [1.29, 1.82) is 0 Å². The highest BCUT2D eigenvalue weighted by atomic mass is 16.5. The molecule has 0 bridgehead atoms. The predicted octanol–water partition coefficient (Wildman–Crippen LogP) is 2.73. The van der Waals surface area contributed by atoms with Gasteiger partial charge in [0.1, 0.15) is 0 Å². The molecule has 1 rings (SSSR count). The van der Waals surface area contributed by atoms with Gasteiger partial charge in [-0.15, -0.1) is 0 Å². The summed E-state index contributed by atoms with van der Waals surface area (Å²) in [6.07, 6.45) is 2.06. The monoisotopic (exact) mass is 293 g/mol. The molecule has 0 fully saturated rings. The zero-order valence-corrected chi connectivity index (χ0v) is 13.5. The molecule has 0 amide bonds. The largest absolute Gasteiger partial charge is 0.409 e. The SMILES string of the molecule is CCC(CC)N(CCOC)c1ccc(C)cc1/C(N)=N/O. The number of rotatable bonds is 8. The molecule has 5 nitrogen and oxygen atoms in total. The maximum Gasteiger partial charge on any atom is 0.172 e. The van der Waals surface area contributed by atoms with E-state index in [1.807, 2.05) is 25.1 Å². The summed E-state index contributed by atoms with van der Waals surface area (Å²) in [7, 11) is 1.70. The number of methoxy groups -OCH3 is 1. The van der Waals surface area contributed by atoms with Crippen LogP contribution in [-0.4, -0.2) is 37.3 Å². The molecule has 0 aliphatic carbocycles. The molecule has 0 aromatic heterocycles. The maximum atomic E-state index is 9.03. The number of nitrogens with zero attached hydrogens (tertiary/aromatic N) is 2. The third kappa shape index (κ3) is 4.36. The lowest BCUT2D eigenvalue weighted by molar-refractivity contribution is 0.202. The number of benzene rings is 1. The van der Waals surface area contributed by atoms with E-state index in [4.69, 9.17) is 15.7 Å². The second-order valence-electron chi connectivity index (χ2n) is 5.16. The summed E-state index contributed by atoms with van der Waals surface area (Å²) in [4.78, 5) is 2.29. The van der Waals surface area contributed by atoms with Gasteiger partial charge in [-0.1, -0.05) is 30.6 Å². The second-order valence-corrected chi connectivity index (χ2v) is 5.16. The van der Waals surface area contributed by atoms with Crippen molar-refractivity contribution in [2.45, 2.75) is 39.7 Å². The number of amidine groups is 1. The molecule has 21 heavy (non-hydrogen) atoms. The van der Waals surface area contributed by atoms with E-state index in [0.29, 0.717) is 12.6 Å². The lowest BCUT2D eigenvalue weighted by Crippen LogP contribution is -2.38. The van der Waals surface area contributed by atoms with Crippen LogP contribution < -0.4 is 10.6 Å². The Bertz CT molecular complexity index is 471. The molecule has 0 saturated heterocycles. The summed E-state index contributed by atoms with van der Waals surface area (Å²) in [6.45, 7) is 7.75. The molecule has 0 spiro atoms. The molecular weight excluding hydrogens is 266 g/mol. The van der Waals surface area contributed by atoms with Crippen molar-refractivity contribution >= 4 is 11.5 Å². The summed E-state index contributed by atoms with van der Waals surface area (Å²) >= 11 is 0. The topological polar surface area (TPSA) is 71.1 Å². The van der Waals surface area contributed by atoms with Crippen LogP contribution in [0.1, 0.15) is 37.8 Å². The van der Waals surface area contributed by atoms with E-state index in [0.717, 1.165) is 36.2 Å². The van der Waals surface area contributed by atoms with E-state index in [2.05, 4.69) is 23.9 Å². The minimum atomic E-state index is 0.141. The van der Waals surface area contributed by atoms with Crippen LogP contribution in [0.3, 0.4) is 0 Å². The van der Waals surface area contributed by atoms with Crippen molar-refractivity contribution in [3.8, 4) is 0 Å². The van der Waals surface area contributed by atoms with E-state index >= 15 is 0 Å². The lowest BCUT2D eigenvalue weighted by atomic mass is 10.0. The van der Waals surface area contributed by atoms with Crippen molar-refractivity contribution < 1.29 is 9.94 Å². The Balaban J connectivity index is 3.28. The zero-order valence-electron chi connectivity index (χ0n) is 13.5. The summed E-state index contributed by atoms with van der Waals surface area (Å²) in [5.74, 6) is 0.141. The standard InChI is InChI=1S/C16H27N3O2/c1-5-13(6-2)19(9-10-21-4)15-8-7-12(3)11-14(15)16(17)18-20/h7-8,11,13,20H,5-6,9-10H2,1-4H3,(H2,17,18). The fourth-order valence-corrected chi connectivity index (χ4v) is 2.58. The van der Waals surface area contributed by atoms with Crippen molar-refractivity contribution in [2.24, 2.45) is 10.9 Å². The van der Waals surface area contributed by atoms with Crippen LogP contribution in [0.15, 0.2) is 23.4 Å². The van der Waals surface area contributed by atoms with Crippen LogP contribution >= 0.6 is 0 Å². The first-order valence-corrected chi connectivity index (χ1v) is 7.43. The average molecular weight is 293 g/mol. The Morgan fingerprint density at radius 2 is 2.05 bits per heavy atom. The lowest BCUT2D eigenvalue weighted by Gasteiger charge is -2.34. The van der Waals surface area contributed by atoms with E-state index in [1.165, 1.54) is 0 Å². The van der Waals surface area contributed by atoms with Gasteiger partial charge in [0.25, 0.3) is 0 Å². The maximum absolute atomic E-state index is 9.03. The summed E-state index contributed by atoms with van der Waals surface area (Å²) in [6, 6.07) is 6.43. The van der Waals surface area contributed by atoms with Gasteiger partial charge in [-0.25, -0.2) is 0 Å². The molecule has 0 saturated carbocycles. The molecule has 5 heteroatoms. The van der Waals surface area contributed by atoms with E-state index in [1.54, 1.807) is 7.11 Å². The third-order valence-corrected chi connectivity index (χ3v) is 3.76. The first-order valence-electron chi connectivity index (χ1n) is 7.43. The molecule has 0 radical (unpaired) electrons. The van der Waals surface area contributed by atoms with Gasteiger partial charge >= 0.3 is 0 Å². The molecule has 0 aliphatic rings. The number of hydrogen-bond donors (Lipinski definition) is 2. The van der Waals surface area contributed by atoms with E-state index in [9.17, 15) is 0 Å². The Hall–Kier alpha value is -1.75. The Morgan fingerprint density at radius 1 is 1.38 bits per heavy atom. The molecule has 118 valence electrons. The van der Waals surface area contributed by atoms with Crippen LogP contribution in [0.25, 0.3) is 0 Å². The Kier molecular flexibility index (Phi) is 7.02.